The van der Waals surface area contributed by atoms with Crippen LogP contribution >= 0.6 is 11.6 Å². The number of amides is 1. The minimum Gasteiger partial charge on any atom is -0.484 e. The summed E-state index contributed by atoms with van der Waals surface area (Å²) >= 11 is 5.72. The van der Waals surface area contributed by atoms with E-state index < -0.39 is 9.84 Å². The SMILES string of the molecule is O=C(COc1ccc(Cl)cc1)NC1CCS(=O)(=O)C1. The van der Waals surface area contributed by atoms with Gasteiger partial charge in [-0.25, -0.2) is 8.42 Å². The second-order valence-corrected chi connectivity index (χ2v) is 7.08. The van der Waals surface area contributed by atoms with Gasteiger partial charge in [0.2, 0.25) is 0 Å². The molecule has 2 rings (SSSR count). The van der Waals surface area contributed by atoms with Crippen molar-refractivity contribution in [1.29, 1.82) is 0 Å². The third-order valence-corrected chi connectivity index (χ3v) is 4.80. The van der Waals surface area contributed by atoms with Crippen molar-refractivity contribution in [2.75, 3.05) is 18.1 Å². The second kappa shape index (κ2) is 5.79. The number of halogens is 1. The molecule has 0 aromatic heterocycles. The average Bonchev–Trinajstić information content (AvgIpc) is 2.68. The van der Waals surface area contributed by atoms with Crippen molar-refractivity contribution in [3.63, 3.8) is 0 Å². The molecule has 0 bridgehead atoms. The number of nitrogens with one attached hydrogen (secondary N) is 1. The first-order valence-electron chi connectivity index (χ1n) is 5.83. The van der Waals surface area contributed by atoms with E-state index in [4.69, 9.17) is 16.3 Å². The van der Waals surface area contributed by atoms with E-state index >= 15 is 0 Å². The molecule has 0 aliphatic carbocycles. The van der Waals surface area contributed by atoms with E-state index in [-0.39, 0.29) is 30.1 Å². The first kappa shape index (κ1) is 14.1. The number of sulfone groups is 1. The van der Waals surface area contributed by atoms with E-state index in [9.17, 15) is 13.2 Å². The highest BCUT2D eigenvalue weighted by atomic mass is 35.5. The number of ether oxygens (including phenoxy) is 1. The van der Waals surface area contributed by atoms with Gasteiger partial charge in [0.25, 0.3) is 5.91 Å². The van der Waals surface area contributed by atoms with Crippen molar-refractivity contribution in [3.8, 4) is 5.75 Å². The maximum atomic E-state index is 11.6. The maximum Gasteiger partial charge on any atom is 0.258 e. The molecule has 1 aliphatic heterocycles. The van der Waals surface area contributed by atoms with Crippen molar-refractivity contribution in [2.45, 2.75) is 12.5 Å². The van der Waals surface area contributed by atoms with Gasteiger partial charge in [0, 0.05) is 11.1 Å². The van der Waals surface area contributed by atoms with Crippen LogP contribution in [0.4, 0.5) is 0 Å². The molecule has 1 aromatic rings. The first-order chi connectivity index (χ1) is 8.94. The minimum absolute atomic E-state index is 0.0136. The fourth-order valence-electron chi connectivity index (χ4n) is 1.86. The number of hydrogen-bond donors (Lipinski definition) is 1. The highest BCUT2D eigenvalue weighted by Crippen LogP contribution is 2.15. The smallest absolute Gasteiger partial charge is 0.258 e. The number of hydrogen-bond acceptors (Lipinski definition) is 4. The minimum atomic E-state index is -2.98. The van der Waals surface area contributed by atoms with Crippen LogP contribution in [0.2, 0.25) is 5.02 Å². The molecule has 1 heterocycles. The molecule has 1 N–H and O–H groups in total. The zero-order valence-corrected chi connectivity index (χ0v) is 11.7. The molecule has 1 saturated heterocycles. The molecule has 1 fully saturated rings. The Hall–Kier alpha value is -1.27. The van der Waals surface area contributed by atoms with Crippen molar-refractivity contribution in [3.05, 3.63) is 29.3 Å². The van der Waals surface area contributed by atoms with Crippen LogP contribution in [0, 0.1) is 0 Å². The van der Waals surface area contributed by atoms with Crippen LogP contribution in [0.25, 0.3) is 0 Å². The summed E-state index contributed by atoms with van der Waals surface area (Å²) in [5.74, 6) is 0.367. The molecule has 0 saturated carbocycles. The maximum absolute atomic E-state index is 11.6. The largest absolute Gasteiger partial charge is 0.484 e. The Balaban J connectivity index is 1.77. The molecule has 1 unspecified atom stereocenters. The van der Waals surface area contributed by atoms with E-state index in [1.807, 2.05) is 0 Å². The standard InChI is InChI=1S/C12H14ClNO4S/c13-9-1-3-11(4-2-9)18-7-12(15)14-10-5-6-19(16,17)8-10/h1-4,10H,5-8H2,(H,14,15). The highest BCUT2D eigenvalue weighted by Gasteiger charge is 2.28. The number of carbonyl (C=O) groups is 1. The van der Waals surface area contributed by atoms with E-state index in [1.165, 1.54) is 0 Å². The van der Waals surface area contributed by atoms with Crippen LogP contribution < -0.4 is 10.1 Å². The number of rotatable bonds is 4. The lowest BCUT2D eigenvalue weighted by atomic mass is 10.2. The Morgan fingerprint density at radius 1 is 1.37 bits per heavy atom. The highest BCUT2D eigenvalue weighted by molar-refractivity contribution is 7.91. The quantitative estimate of drug-likeness (QED) is 0.901. The summed E-state index contributed by atoms with van der Waals surface area (Å²) in [5, 5.41) is 3.24. The van der Waals surface area contributed by atoms with Gasteiger partial charge in [0.05, 0.1) is 11.5 Å². The van der Waals surface area contributed by atoms with Crippen molar-refractivity contribution >= 4 is 27.3 Å². The molecular weight excluding hydrogens is 290 g/mol. The van der Waals surface area contributed by atoms with Gasteiger partial charge in [-0.05, 0) is 30.7 Å². The van der Waals surface area contributed by atoms with E-state index in [2.05, 4.69) is 5.32 Å². The zero-order chi connectivity index (χ0) is 13.9. The summed E-state index contributed by atoms with van der Waals surface area (Å²) in [4.78, 5) is 11.6. The normalized spacial score (nSPS) is 21.0. The number of benzene rings is 1. The van der Waals surface area contributed by atoms with Crippen molar-refractivity contribution < 1.29 is 17.9 Å². The molecule has 1 amide bonds. The monoisotopic (exact) mass is 303 g/mol. The third-order valence-electron chi connectivity index (χ3n) is 2.78. The van der Waals surface area contributed by atoms with Gasteiger partial charge in [-0.3, -0.25) is 4.79 Å². The van der Waals surface area contributed by atoms with Gasteiger partial charge in [0.15, 0.2) is 16.4 Å². The molecule has 0 radical (unpaired) electrons. The van der Waals surface area contributed by atoms with E-state index in [0.717, 1.165) is 0 Å². The third kappa shape index (κ3) is 4.40. The lowest BCUT2D eigenvalue weighted by Crippen LogP contribution is -2.38. The fraction of sp³-hybridized carbons (Fsp3) is 0.417. The predicted octanol–water partition coefficient (Wildman–Crippen LogP) is 1.02. The van der Waals surface area contributed by atoms with Crippen LogP contribution in [-0.2, 0) is 14.6 Å². The van der Waals surface area contributed by atoms with Crippen molar-refractivity contribution in [2.24, 2.45) is 0 Å². The Bertz CT molecular complexity index is 556. The second-order valence-electron chi connectivity index (χ2n) is 4.41. The van der Waals surface area contributed by atoms with Crippen LogP contribution in [0.5, 0.6) is 5.75 Å². The van der Waals surface area contributed by atoms with Gasteiger partial charge in [-0.1, -0.05) is 11.6 Å². The summed E-state index contributed by atoms with van der Waals surface area (Å²) < 4.78 is 27.7. The molecule has 1 atom stereocenters. The number of carbonyl (C=O) groups excluding carboxylic acids is 1. The molecule has 1 aromatic carbocycles. The van der Waals surface area contributed by atoms with Gasteiger partial charge < -0.3 is 10.1 Å². The topological polar surface area (TPSA) is 72.5 Å². The van der Waals surface area contributed by atoms with Crippen LogP contribution in [0.15, 0.2) is 24.3 Å². The average molecular weight is 304 g/mol. The molecular formula is C12H14ClNO4S. The lowest BCUT2D eigenvalue weighted by molar-refractivity contribution is -0.123. The summed E-state index contributed by atoms with van der Waals surface area (Å²) in [6, 6.07) is 6.36. The first-order valence-corrected chi connectivity index (χ1v) is 8.03. The van der Waals surface area contributed by atoms with Crippen LogP contribution in [-0.4, -0.2) is 38.5 Å². The van der Waals surface area contributed by atoms with Gasteiger partial charge in [-0.15, -0.1) is 0 Å². The predicted molar refractivity (Wildman–Crippen MR) is 72.1 cm³/mol. The Kier molecular flexibility index (Phi) is 4.31. The molecule has 5 nitrogen and oxygen atoms in total. The van der Waals surface area contributed by atoms with Gasteiger partial charge in [-0.2, -0.15) is 0 Å². The summed E-state index contributed by atoms with van der Waals surface area (Å²) in [7, 11) is -2.98. The molecule has 1 aliphatic rings. The molecule has 104 valence electrons. The van der Waals surface area contributed by atoms with E-state index in [1.54, 1.807) is 24.3 Å². The van der Waals surface area contributed by atoms with Gasteiger partial charge >= 0.3 is 0 Å². The zero-order valence-electron chi connectivity index (χ0n) is 10.1. The Morgan fingerprint density at radius 3 is 2.63 bits per heavy atom. The lowest BCUT2D eigenvalue weighted by Gasteiger charge is -2.11. The summed E-state index contributed by atoms with van der Waals surface area (Å²) in [5.41, 5.74) is 0. The molecule has 7 heteroatoms. The van der Waals surface area contributed by atoms with Crippen LogP contribution in [0.1, 0.15) is 6.42 Å². The van der Waals surface area contributed by atoms with E-state index in [0.29, 0.717) is 17.2 Å². The molecule has 19 heavy (non-hydrogen) atoms. The summed E-state index contributed by atoms with van der Waals surface area (Å²) in [6.45, 7) is -0.141. The fourth-order valence-corrected chi connectivity index (χ4v) is 3.66. The van der Waals surface area contributed by atoms with Gasteiger partial charge in [0.1, 0.15) is 5.75 Å². The Labute approximate surface area is 116 Å². The molecule has 0 spiro atoms. The van der Waals surface area contributed by atoms with Crippen molar-refractivity contribution in [1.82, 2.24) is 5.32 Å². The van der Waals surface area contributed by atoms with Crippen LogP contribution in [0.3, 0.4) is 0 Å². The Morgan fingerprint density at radius 2 is 2.05 bits per heavy atom. The summed E-state index contributed by atoms with van der Waals surface area (Å²) in [6.07, 6.45) is 0.467.